The molecule has 0 fully saturated rings. The predicted molar refractivity (Wildman–Crippen MR) is 188 cm³/mol. The summed E-state index contributed by atoms with van der Waals surface area (Å²) in [6.07, 6.45) is 1.83. The molecular formula is C42H24N2O. The van der Waals surface area contributed by atoms with Gasteiger partial charge in [0, 0.05) is 27.9 Å². The normalized spacial score (nSPS) is 12.0. The average molecular weight is 573 g/mol. The molecule has 0 radical (unpaired) electrons. The van der Waals surface area contributed by atoms with Crippen molar-refractivity contribution < 1.29 is 4.42 Å². The lowest BCUT2D eigenvalue weighted by Gasteiger charge is -2.13. The number of pyridine rings is 2. The Hall–Kier alpha value is -6.06. The van der Waals surface area contributed by atoms with E-state index < -0.39 is 0 Å². The molecule has 3 heteroatoms. The van der Waals surface area contributed by atoms with Crippen LogP contribution in [0.15, 0.2) is 150 Å². The minimum atomic E-state index is 0.852. The summed E-state index contributed by atoms with van der Waals surface area (Å²) in [5.41, 5.74) is 7.79. The molecule has 3 aromatic heterocycles. The van der Waals surface area contributed by atoms with Crippen LogP contribution >= 0.6 is 0 Å². The number of nitrogens with zero attached hydrogens (tertiary/aromatic N) is 2. The standard InChI is InChI=1S/C42H24N2O/c1-2-10-30-28(8-1)29-9-3-4-11-31(29)36-24-27(19-20-32(30)36)25-15-17-26(18-16-25)40-35-22-21-34-33-12-5-6-14-38(33)45-42(34)39(35)41-37(44-40)13-7-23-43-41/h1-24H. The monoisotopic (exact) mass is 572 g/mol. The number of fused-ring (bicyclic) bond motifs is 13. The van der Waals surface area contributed by atoms with E-state index in [9.17, 15) is 0 Å². The van der Waals surface area contributed by atoms with E-state index in [-0.39, 0.29) is 0 Å². The fourth-order valence-electron chi connectivity index (χ4n) is 7.21. The zero-order chi connectivity index (χ0) is 29.5. The van der Waals surface area contributed by atoms with Crippen molar-refractivity contribution >= 4 is 76.1 Å². The van der Waals surface area contributed by atoms with Crippen LogP contribution in [0.2, 0.25) is 0 Å². The first-order valence-electron chi connectivity index (χ1n) is 15.2. The number of furan rings is 1. The predicted octanol–water partition coefficient (Wildman–Crippen LogP) is 11.5. The summed E-state index contributed by atoms with van der Waals surface area (Å²) in [6, 6.07) is 49.6. The second kappa shape index (κ2) is 9.22. The van der Waals surface area contributed by atoms with Crippen molar-refractivity contribution in [3.63, 3.8) is 0 Å². The molecule has 0 bridgehead atoms. The molecule has 10 rings (SSSR count). The highest BCUT2D eigenvalue weighted by Crippen LogP contribution is 2.41. The molecule has 3 heterocycles. The molecule has 0 unspecified atom stereocenters. The maximum Gasteiger partial charge on any atom is 0.145 e. The van der Waals surface area contributed by atoms with Gasteiger partial charge in [0.05, 0.1) is 16.6 Å². The lowest BCUT2D eigenvalue weighted by molar-refractivity contribution is 0.673. The van der Waals surface area contributed by atoms with Gasteiger partial charge in [-0.3, -0.25) is 4.98 Å². The number of benzene rings is 7. The number of para-hydroxylation sites is 1. The van der Waals surface area contributed by atoms with Crippen LogP contribution in [0.1, 0.15) is 0 Å². The molecule has 0 saturated heterocycles. The first-order valence-corrected chi connectivity index (χ1v) is 15.2. The van der Waals surface area contributed by atoms with E-state index >= 15 is 0 Å². The minimum absolute atomic E-state index is 0.852. The SMILES string of the molecule is c1cnc2c(c1)nc(-c1ccc(-c3ccc4c5ccccc5c5ccccc5c4c3)cc1)c1ccc3c4ccccc4oc3c12. The Bertz CT molecular complexity index is 2780. The number of rotatable bonds is 2. The smallest absolute Gasteiger partial charge is 0.145 e. The van der Waals surface area contributed by atoms with Crippen molar-refractivity contribution in [2.45, 2.75) is 0 Å². The number of hydrogen-bond donors (Lipinski definition) is 0. The molecule has 208 valence electrons. The summed E-state index contributed by atoms with van der Waals surface area (Å²) < 4.78 is 6.47. The molecule has 0 spiro atoms. The van der Waals surface area contributed by atoms with Crippen LogP contribution in [-0.2, 0) is 0 Å². The highest BCUT2D eigenvalue weighted by Gasteiger charge is 2.18. The average Bonchev–Trinajstić information content (AvgIpc) is 3.50. The molecule has 3 nitrogen and oxygen atoms in total. The zero-order valence-electron chi connectivity index (χ0n) is 24.2. The lowest BCUT2D eigenvalue weighted by atomic mass is 9.92. The van der Waals surface area contributed by atoms with Crippen LogP contribution in [0.25, 0.3) is 98.4 Å². The van der Waals surface area contributed by atoms with Gasteiger partial charge in [-0.1, -0.05) is 109 Å². The van der Waals surface area contributed by atoms with Gasteiger partial charge in [-0.25, -0.2) is 4.98 Å². The maximum absolute atomic E-state index is 6.47. The van der Waals surface area contributed by atoms with Gasteiger partial charge < -0.3 is 4.42 Å². The molecule has 0 aliphatic carbocycles. The van der Waals surface area contributed by atoms with Crippen LogP contribution in [0, 0.1) is 0 Å². The molecule has 0 atom stereocenters. The lowest BCUT2D eigenvalue weighted by Crippen LogP contribution is -1.92. The number of aromatic nitrogens is 2. The fourth-order valence-corrected chi connectivity index (χ4v) is 7.21. The van der Waals surface area contributed by atoms with Gasteiger partial charge in [0.1, 0.15) is 16.7 Å². The third kappa shape index (κ3) is 3.52. The molecule has 0 aliphatic heterocycles. The zero-order valence-corrected chi connectivity index (χ0v) is 24.2. The Morgan fingerprint density at radius 3 is 1.76 bits per heavy atom. The first kappa shape index (κ1) is 24.4. The second-order valence-electron chi connectivity index (χ2n) is 11.7. The van der Waals surface area contributed by atoms with Crippen LogP contribution in [0.5, 0.6) is 0 Å². The van der Waals surface area contributed by atoms with Crippen LogP contribution < -0.4 is 0 Å². The summed E-state index contributed by atoms with van der Waals surface area (Å²) in [6.45, 7) is 0. The fraction of sp³-hybridized carbons (Fsp3) is 0. The molecule has 10 aromatic rings. The number of hydrogen-bond acceptors (Lipinski definition) is 3. The Kier molecular flexibility index (Phi) is 5.00. The first-order chi connectivity index (χ1) is 22.3. The Labute approximate surface area is 258 Å². The van der Waals surface area contributed by atoms with Crippen molar-refractivity contribution in [2.24, 2.45) is 0 Å². The maximum atomic E-state index is 6.47. The van der Waals surface area contributed by atoms with Gasteiger partial charge in [-0.05, 0) is 73.8 Å². The molecule has 45 heavy (non-hydrogen) atoms. The molecule has 0 aliphatic rings. The van der Waals surface area contributed by atoms with E-state index in [1.807, 2.05) is 30.5 Å². The summed E-state index contributed by atoms with van der Waals surface area (Å²) in [5.74, 6) is 0. The van der Waals surface area contributed by atoms with Crippen LogP contribution in [0.3, 0.4) is 0 Å². The Balaban J connectivity index is 1.16. The Morgan fingerprint density at radius 1 is 0.422 bits per heavy atom. The van der Waals surface area contributed by atoms with Gasteiger partial charge in [-0.15, -0.1) is 0 Å². The summed E-state index contributed by atoms with van der Waals surface area (Å²) in [5, 5.41) is 11.9. The highest BCUT2D eigenvalue weighted by molar-refractivity contribution is 6.26. The highest BCUT2D eigenvalue weighted by atomic mass is 16.3. The van der Waals surface area contributed by atoms with Crippen molar-refractivity contribution in [1.82, 2.24) is 9.97 Å². The summed E-state index contributed by atoms with van der Waals surface area (Å²) >= 11 is 0. The van der Waals surface area contributed by atoms with Gasteiger partial charge >= 0.3 is 0 Å². The van der Waals surface area contributed by atoms with Crippen molar-refractivity contribution in [2.75, 3.05) is 0 Å². The van der Waals surface area contributed by atoms with Gasteiger partial charge in [-0.2, -0.15) is 0 Å². The molecule has 0 saturated carbocycles. The van der Waals surface area contributed by atoms with E-state index in [1.165, 1.54) is 43.4 Å². The third-order valence-electron chi connectivity index (χ3n) is 9.29. The minimum Gasteiger partial charge on any atom is -0.455 e. The Morgan fingerprint density at radius 2 is 1.00 bits per heavy atom. The molecule has 0 N–H and O–H groups in total. The summed E-state index contributed by atoms with van der Waals surface area (Å²) in [4.78, 5) is 9.90. The second-order valence-corrected chi connectivity index (χ2v) is 11.7. The van der Waals surface area contributed by atoms with E-state index in [1.54, 1.807) is 0 Å². The van der Waals surface area contributed by atoms with E-state index in [2.05, 4.69) is 115 Å². The van der Waals surface area contributed by atoms with Crippen LogP contribution in [-0.4, -0.2) is 9.97 Å². The van der Waals surface area contributed by atoms with Crippen molar-refractivity contribution in [3.05, 3.63) is 146 Å². The molecular weight excluding hydrogens is 548 g/mol. The van der Waals surface area contributed by atoms with Crippen molar-refractivity contribution in [1.29, 1.82) is 0 Å². The quantitative estimate of drug-likeness (QED) is 0.193. The largest absolute Gasteiger partial charge is 0.455 e. The summed E-state index contributed by atoms with van der Waals surface area (Å²) in [7, 11) is 0. The topological polar surface area (TPSA) is 38.9 Å². The van der Waals surface area contributed by atoms with Crippen molar-refractivity contribution in [3.8, 4) is 22.4 Å². The van der Waals surface area contributed by atoms with E-state index in [0.29, 0.717) is 0 Å². The van der Waals surface area contributed by atoms with Gasteiger partial charge in [0.25, 0.3) is 0 Å². The van der Waals surface area contributed by atoms with Gasteiger partial charge in [0.2, 0.25) is 0 Å². The van der Waals surface area contributed by atoms with E-state index in [0.717, 1.165) is 55.0 Å². The molecule has 7 aromatic carbocycles. The van der Waals surface area contributed by atoms with Gasteiger partial charge in [0.15, 0.2) is 0 Å². The van der Waals surface area contributed by atoms with Crippen LogP contribution in [0.4, 0.5) is 0 Å². The van der Waals surface area contributed by atoms with E-state index in [4.69, 9.17) is 14.4 Å². The third-order valence-corrected chi connectivity index (χ3v) is 9.29. The molecule has 0 amide bonds.